The number of carbonyl (C=O) groups is 1. The number of hydrogen-bond acceptors (Lipinski definition) is 4. The quantitative estimate of drug-likeness (QED) is 0.807. The van der Waals surface area contributed by atoms with Crippen LogP contribution in [0.3, 0.4) is 0 Å². The normalized spacial score (nSPS) is 17.1. The Hall–Kier alpha value is -1.07. The maximum Gasteiger partial charge on any atom is 0.230 e. The van der Waals surface area contributed by atoms with Crippen molar-refractivity contribution in [2.75, 3.05) is 12.3 Å². The average molecular weight is 294 g/mol. The standard InChI is InChI=1S/C15H22N2O2S/c18-14(13-5-1-2-6-13)9-17-15(19)11-20-10-12-4-3-7-16-8-12/h3-4,7-8,13-14,18H,1-2,5-6,9-11H2,(H,17,19). The Balaban J connectivity index is 1.58. The number of aromatic nitrogens is 1. The molecule has 20 heavy (non-hydrogen) atoms. The van der Waals surface area contributed by atoms with Gasteiger partial charge in [0.15, 0.2) is 0 Å². The molecule has 110 valence electrons. The summed E-state index contributed by atoms with van der Waals surface area (Å²) in [4.78, 5) is 15.7. The second-order valence-corrected chi connectivity index (χ2v) is 6.26. The summed E-state index contributed by atoms with van der Waals surface area (Å²) >= 11 is 1.56. The summed E-state index contributed by atoms with van der Waals surface area (Å²) in [5.41, 5.74) is 1.12. The van der Waals surface area contributed by atoms with Gasteiger partial charge in [0.05, 0.1) is 11.9 Å². The maximum absolute atomic E-state index is 11.7. The Morgan fingerprint density at radius 2 is 2.30 bits per heavy atom. The smallest absolute Gasteiger partial charge is 0.230 e. The molecular formula is C15H22N2O2S. The monoisotopic (exact) mass is 294 g/mol. The number of pyridine rings is 1. The van der Waals surface area contributed by atoms with Crippen LogP contribution in [0.5, 0.6) is 0 Å². The number of hydrogen-bond donors (Lipinski definition) is 2. The minimum Gasteiger partial charge on any atom is -0.391 e. The molecule has 1 aliphatic rings. The summed E-state index contributed by atoms with van der Waals surface area (Å²) in [5.74, 6) is 1.58. The number of aliphatic hydroxyl groups excluding tert-OH is 1. The van der Waals surface area contributed by atoms with Gasteiger partial charge in [-0.1, -0.05) is 18.9 Å². The van der Waals surface area contributed by atoms with Crippen LogP contribution in [0.15, 0.2) is 24.5 Å². The van der Waals surface area contributed by atoms with Gasteiger partial charge in [-0.05, 0) is 30.4 Å². The van der Waals surface area contributed by atoms with Gasteiger partial charge in [0.1, 0.15) is 0 Å². The van der Waals surface area contributed by atoms with E-state index >= 15 is 0 Å². The van der Waals surface area contributed by atoms with Crippen molar-refractivity contribution in [3.8, 4) is 0 Å². The summed E-state index contributed by atoms with van der Waals surface area (Å²) in [6, 6.07) is 3.90. The number of thioether (sulfide) groups is 1. The molecule has 4 nitrogen and oxygen atoms in total. The van der Waals surface area contributed by atoms with Crippen molar-refractivity contribution >= 4 is 17.7 Å². The zero-order chi connectivity index (χ0) is 14.2. The third-order valence-corrected chi connectivity index (χ3v) is 4.68. The SMILES string of the molecule is O=C(CSCc1cccnc1)NCC(O)C1CCCC1. The van der Waals surface area contributed by atoms with Gasteiger partial charge in [-0.25, -0.2) is 0 Å². The fourth-order valence-corrected chi connectivity index (χ4v) is 3.32. The highest BCUT2D eigenvalue weighted by Gasteiger charge is 2.23. The fraction of sp³-hybridized carbons (Fsp3) is 0.600. The molecular weight excluding hydrogens is 272 g/mol. The molecule has 2 N–H and O–H groups in total. The predicted octanol–water partition coefficient (Wildman–Crippen LogP) is 1.98. The molecule has 1 saturated carbocycles. The van der Waals surface area contributed by atoms with Crippen molar-refractivity contribution in [2.24, 2.45) is 5.92 Å². The van der Waals surface area contributed by atoms with E-state index in [4.69, 9.17) is 0 Å². The van der Waals surface area contributed by atoms with E-state index in [2.05, 4.69) is 10.3 Å². The van der Waals surface area contributed by atoms with E-state index in [1.165, 1.54) is 12.8 Å². The van der Waals surface area contributed by atoms with E-state index < -0.39 is 0 Å². The largest absolute Gasteiger partial charge is 0.391 e. The first kappa shape index (κ1) is 15.3. The number of nitrogens with one attached hydrogen (secondary N) is 1. The summed E-state index contributed by atoms with van der Waals surface area (Å²) in [6.45, 7) is 0.386. The molecule has 1 aliphatic carbocycles. The van der Waals surface area contributed by atoms with Crippen LogP contribution in [0.4, 0.5) is 0 Å². The fourth-order valence-electron chi connectivity index (χ4n) is 2.52. The molecule has 0 aliphatic heterocycles. The van der Waals surface area contributed by atoms with Crippen LogP contribution in [0, 0.1) is 5.92 Å². The topological polar surface area (TPSA) is 62.2 Å². The first-order valence-electron chi connectivity index (χ1n) is 7.17. The maximum atomic E-state index is 11.7. The van der Waals surface area contributed by atoms with Gasteiger partial charge < -0.3 is 10.4 Å². The lowest BCUT2D eigenvalue weighted by Crippen LogP contribution is -2.36. The van der Waals surface area contributed by atoms with Crippen LogP contribution in [0.25, 0.3) is 0 Å². The van der Waals surface area contributed by atoms with Crippen LogP contribution >= 0.6 is 11.8 Å². The highest BCUT2D eigenvalue weighted by atomic mass is 32.2. The second-order valence-electron chi connectivity index (χ2n) is 5.27. The van der Waals surface area contributed by atoms with E-state index in [-0.39, 0.29) is 12.0 Å². The zero-order valence-electron chi connectivity index (χ0n) is 11.6. The van der Waals surface area contributed by atoms with Gasteiger partial charge in [0.2, 0.25) is 5.91 Å². The predicted molar refractivity (Wildman–Crippen MR) is 81.4 cm³/mol. The molecule has 2 rings (SSSR count). The Kier molecular flexibility index (Phi) is 6.33. The van der Waals surface area contributed by atoms with Crippen molar-refractivity contribution in [1.82, 2.24) is 10.3 Å². The first-order valence-corrected chi connectivity index (χ1v) is 8.32. The molecule has 0 aromatic carbocycles. The van der Waals surface area contributed by atoms with Crippen molar-refractivity contribution in [3.05, 3.63) is 30.1 Å². The first-order chi connectivity index (χ1) is 9.75. The van der Waals surface area contributed by atoms with Crippen molar-refractivity contribution in [3.63, 3.8) is 0 Å². The van der Waals surface area contributed by atoms with Gasteiger partial charge in [-0.3, -0.25) is 9.78 Å². The number of nitrogens with zero attached hydrogens (tertiary/aromatic N) is 1. The second kappa shape index (κ2) is 8.27. The lowest BCUT2D eigenvalue weighted by atomic mass is 10.0. The minimum atomic E-state index is -0.384. The van der Waals surface area contributed by atoms with Gasteiger partial charge in [0, 0.05) is 24.7 Å². The minimum absolute atomic E-state index is 0.00376. The van der Waals surface area contributed by atoms with Crippen LogP contribution in [0.2, 0.25) is 0 Å². The van der Waals surface area contributed by atoms with E-state index in [0.717, 1.165) is 24.2 Å². The Labute approximate surface area is 124 Å². The highest BCUT2D eigenvalue weighted by molar-refractivity contribution is 7.99. The molecule has 1 atom stereocenters. The third-order valence-electron chi connectivity index (χ3n) is 3.68. The molecule has 1 aromatic heterocycles. The number of carbonyl (C=O) groups excluding carboxylic acids is 1. The molecule has 0 bridgehead atoms. The van der Waals surface area contributed by atoms with Crippen LogP contribution in [0.1, 0.15) is 31.2 Å². The van der Waals surface area contributed by atoms with E-state index in [1.54, 1.807) is 18.0 Å². The lowest BCUT2D eigenvalue weighted by Gasteiger charge is -2.17. The van der Waals surface area contributed by atoms with Gasteiger partial charge in [0.25, 0.3) is 0 Å². The van der Waals surface area contributed by atoms with Crippen molar-refractivity contribution < 1.29 is 9.90 Å². The Morgan fingerprint density at radius 1 is 1.50 bits per heavy atom. The molecule has 5 heteroatoms. The van der Waals surface area contributed by atoms with Gasteiger partial charge >= 0.3 is 0 Å². The summed E-state index contributed by atoms with van der Waals surface area (Å²) in [5, 5.41) is 12.8. The molecule has 1 heterocycles. The van der Waals surface area contributed by atoms with Crippen LogP contribution < -0.4 is 5.32 Å². The highest BCUT2D eigenvalue weighted by Crippen LogP contribution is 2.27. The summed E-state index contributed by atoms with van der Waals surface area (Å²) in [6.07, 6.45) is 7.76. The summed E-state index contributed by atoms with van der Waals surface area (Å²) in [7, 11) is 0. The molecule has 1 fully saturated rings. The van der Waals surface area contributed by atoms with E-state index in [9.17, 15) is 9.90 Å². The summed E-state index contributed by atoms with van der Waals surface area (Å²) < 4.78 is 0. The Bertz CT molecular complexity index is 408. The number of rotatable bonds is 7. The molecule has 0 radical (unpaired) electrons. The van der Waals surface area contributed by atoms with E-state index in [0.29, 0.717) is 18.2 Å². The lowest BCUT2D eigenvalue weighted by molar-refractivity contribution is -0.119. The van der Waals surface area contributed by atoms with Crippen molar-refractivity contribution in [2.45, 2.75) is 37.5 Å². The molecule has 1 amide bonds. The molecule has 0 saturated heterocycles. The van der Waals surface area contributed by atoms with E-state index in [1.807, 2.05) is 18.3 Å². The molecule has 1 aromatic rings. The van der Waals surface area contributed by atoms with Gasteiger partial charge in [-0.2, -0.15) is 0 Å². The van der Waals surface area contributed by atoms with Crippen LogP contribution in [-0.4, -0.2) is 34.4 Å². The van der Waals surface area contributed by atoms with Crippen LogP contribution in [-0.2, 0) is 10.5 Å². The number of aliphatic hydroxyl groups is 1. The van der Waals surface area contributed by atoms with Crippen molar-refractivity contribution in [1.29, 1.82) is 0 Å². The third kappa shape index (κ3) is 5.13. The van der Waals surface area contributed by atoms with Gasteiger partial charge in [-0.15, -0.1) is 11.8 Å². The average Bonchev–Trinajstić information content (AvgIpc) is 3.00. The zero-order valence-corrected chi connectivity index (χ0v) is 12.4. The Morgan fingerprint density at radius 3 is 3.00 bits per heavy atom. The number of amides is 1. The molecule has 1 unspecified atom stereocenters. The molecule has 0 spiro atoms.